The van der Waals surface area contributed by atoms with Crippen molar-refractivity contribution in [1.29, 1.82) is 0 Å². The molecule has 2 N–H and O–H groups in total. The Kier molecular flexibility index (Phi) is 6.26. The van der Waals surface area contributed by atoms with E-state index in [2.05, 4.69) is 20.2 Å². The average molecular weight is 433 g/mol. The highest BCUT2D eigenvalue weighted by Gasteiger charge is 2.24. The van der Waals surface area contributed by atoms with Gasteiger partial charge in [0.1, 0.15) is 5.75 Å². The number of aromatic nitrogens is 2. The minimum atomic E-state index is -3.90. The number of sulfonamides is 1. The van der Waals surface area contributed by atoms with Crippen LogP contribution in [0.3, 0.4) is 0 Å². The molecule has 0 aliphatic heterocycles. The van der Waals surface area contributed by atoms with Crippen molar-refractivity contribution in [3.63, 3.8) is 0 Å². The van der Waals surface area contributed by atoms with Crippen LogP contribution in [0.2, 0.25) is 0 Å². The number of anilines is 1. The van der Waals surface area contributed by atoms with E-state index in [1.165, 1.54) is 0 Å². The number of aryl methyl sites for hydroxylation is 1. The highest BCUT2D eigenvalue weighted by Crippen LogP contribution is 2.24. The van der Waals surface area contributed by atoms with Gasteiger partial charge in [-0.25, -0.2) is 13.1 Å². The van der Waals surface area contributed by atoms with Gasteiger partial charge in [-0.2, -0.15) is 0 Å². The molecule has 1 heterocycles. The van der Waals surface area contributed by atoms with Crippen molar-refractivity contribution >= 4 is 32.4 Å². The van der Waals surface area contributed by atoms with Crippen molar-refractivity contribution in [2.75, 3.05) is 12.4 Å². The van der Waals surface area contributed by atoms with Gasteiger partial charge in [-0.1, -0.05) is 41.2 Å². The standard InChI is InChI=1S/C19H20N4O4S2/c1-12-5-4-6-15(11-12)17(24)20-18-21-22-19(28-18)29(25,26)23-13(2)14-7-9-16(27-3)10-8-14/h4-11,13,23H,1-3H3,(H,20,21,24)/t13-/m0/s1. The molecule has 0 unspecified atom stereocenters. The van der Waals surface area contributed by atoms with E-state index in [-0.39, 0.29) is 15.4 Å². The fourth-order valence-electron chi connectivity index (χ4n) is 2.57. The Hall–Kier alpha value is -2.82. The normalized spacial score (nSPS) is 12.4. The zero-order valence-corrected chi connectivity index (χ0v) is 17.7. The zero-order chi connectivity index (χ0) is 21.0. The predicted molar refractivity (Wildman–Crippen MR) is 111 cm³/mol. The van der Waals surface area contributed by atoms with Gasteiger partial charge in [0.2, 0.25) is 9.47 Å². The third kappa shape index (κ3) is 5.17. The summed E-state index contributed by atoms with van der Waals surface area (Å²) in [5.41, 5.74) is 2.16. The summed E-state index contributed by atoms with van der Waals surface area (Å²) in [5.74, 6) is 0.301. The number of benzene rings is 2. The maximum atomic E-state index is 12.6. The molecule has 1 amide bonds. The monoisotopic (exact) mass is 432 g/mol. The SMILES string of the molecule is COc1ccc([C@H](C)NS(=O)(=O)c2nnc(NC(=O)c3cccc(C)c3)s2)cc1. The number of ether oxygens (including phenoxy) is 1. The molecule has 1 aromatic heterocycles. The molecule has 152 valence electrons. The molecule has 3 aromatic rings. The van der Waals surface area contributed by atoms with E-state index < -0.39 is 16.1 Å². The number of nitrogens with zero attached hydrogens (tertiary/aromatic N) is 2. The maximum Gasteiger partial charge on any atom is 0.270 e. The first-order chi connectivity index (χ1) is 13.8. The minimum absolute atomic E-state index is 0.106. The van der Waals surface area contributed by atoms with Crippen molar-refractivity contribution in [3.8, 4) is 5.75 Å². The number of nitrogens with one attached hydrogen (secondary N) is 2. The van der Waals surface area contributed by atoms with Crippen molar-refractivity contribution in [3.05, 3.63) is 65.2 Å². The predicted octanol–water partition coefficient (Wildman–Crippen LogP) is 3.15. The topological polar surface area (TPSA) is 110 Å². The van der Waals surface area contributed by atoms with Crippen molar-refractivity contribution in [1.82, 2.24) is 14.9 Å². The molecule has 0 spiro atoms. The number of rotatable bonds is 7. The lowest BCUT2D eigenvalue weighted by molar-refractivity contribution is 0.102. The number of carbonyl (C=O) groups is 1. The van der Waals surface area contributed by atoms with Gasteiger partial charge in [-0.3, -0.25) is 10.1 Å². The molecule has 10 heteroatoms. The zero-order valence-electron chi connectivity index (χ0n) is 16.0. The Bertz CT molecular complexity index is 1110. The summed E-state index contributed by atoms with van der Waals surface area (Å²) in [6.45, 7) is 3.60. The number of hydrogen-bond donors (Lipinski definition) is 2. The van der Waals surface area contributed by atoms with Gasteiger partial charge in [0.05, 0.1) is 7.11 Å². The number of methoxy groups -OCH3 is 1. The van der Waals surface area contributed by atoms with Gasteiger partial charge in [0.25, 0.3) is 15.9 Å². The van der Waals surface area contributed by atoms with E-state index in [4.69, 9.17) is 4.74 Å². The number of carbonyl (C=O) groups excluding carboxylic acids is 1. The Morgan fingerprint density at radius 3 is 2.52 bits per heavy atom. The van der Waals surface area contributed by atoms with E-state index >= 15 is 0 Å². The highest BCUT2D eigenvalue weighted by molar-refractivity contribution is 7.91. The molecule has 0 saturated heterocycles. The van der Waals surface area contributed by atoms with Gasteiger partial charge in [0.15, 0.2) is 0 Å². The Morgan fingerprint density at radius 2 is 1.86 bits per heavy atom. The molecule has 0 radical (unpaired) electrons. The van der Waals surface area contributed by atoms with Crippen LogP contribution in [0, 0.1) is 6.92 Å². The largest absolute Gasteiger partial charge is 0.497 e. The average Bonchev–Trinajstić information content (AvgIpc) is 3.17. The first-order valence-corrected chi connectivity index (χ1v) is 11.0. The summed E-state index contributed by atoms with van der Waals surface area (Å²) in [4.78, 5) is 12.3. The van der Waals surface area contributed by atoms with E-state index in [9.17, 15) is 13.2 Å². The fourth-order valence-corrected chi connectivity index (χ4v) is 4.71. The van der Waals surface area contributed by atoms with E-state index in [0.29, 0.717) is 11.3 Å². The van der Waals surface area contributed by atoms with Crippen molar-refractivity contribution < 1.29 is 17.9 Å². The second-order valence-corrected chi connectivity index (χ2v) is 9.18. The molecule has 1 atom stereocenters. The Labute approximate surface area is 173 Å². The summed E-state index contributed by atoms with van der Waals surface area (Å²) in [7, 11) is -2.34. The van der Waals surface area contributed by atoms with Crippen molar-refractivity contribution in [2.45, 2.75) is 24.2 Å². The number of amides is 1. The summed E-state index contributed by atoms with van der Waals surface area (Å²) < 4.78 is 32.7. The molecule has 29 heavy (non-hydrogen) atoms. The van der Waals surface area contributed by atoms with Crippen LogP contribution in [0.5, 0.6) is 5.75 Å². The van der Waals surface area contributed by atoms with E-state index in [1.807, 2.05) is 13.0 Å². The molecule has 0 bridgehead atoms. The van der Waals surface area contributed by atoms with Gasteiger partial charge in [-0.15, -0.1) is 10.2 Å². The Morgan fingerprint density at radius 1 is 1.14 bits per heavy atom. The smallest absolute Gasteiger partial charge is 0.270 e. The van der Waals surface area contributed by atoms with E-state index in [0.717, 1.165) is 22.5 Å². The summed E-state index contributed by atoms with van der Waals surface area (Å²) in [6.07, 6.45) is 0. The van der Waals surface area contributed by atoms with Gasteiger partial charge in [-0.05, 0) is 43.7 Å². The summed E-state index contributed by atoms with van der Waals surface area (Å²) in [6, 6.07) is 13.6. The third-order valence-electron chi connectivity index (χ3n) is 4.08. The molecular weight excluding hydrogens is 412 g/mol. The maximum absolute atomic E-state index is 12.6. The highest BCUT2D eigenvalue weighted by atomic mass is 32.2. The lowest BCUT2D eigenvalue weighted by Gasteiger charge is -2.13. The van der Waals surface area contributed by atoms with Crippen LogP contribution in [-0.4, -0.2) is 31.6 Å². The summed E-state index contributed by atoms with van der Waals surface area (Å²) in [5, 5.41) is 10.2. The molecule has 0 aliphatic carbocycles. The van der Waals surface area contributed by atoms with Gasteiger partial charge < -0.3 is 4.74 Å². The molecule has 0 aliphatic rings. The molecule has 2 aromatic carbocycles. The molecular formula is C19H20N4O4S2. The van der Waals surface area contributed by atoms with Crippen LogP contribution in [-0.2, 0) is 10.0 Å². The van der Waals surface area contributed by atoms with Crippen LogP contribution in [0.15, 0.2) is 52.9 Å². The third-order valence-corrected chi connectivity index (χ3v) is 6.83. The van der Waals surface area contributed by atoms with Crippen LogP contribution in [0.1, 0.15) is 34.5 Å². The van der Waals surface area contributed by atoms with Crippen molar-refractivity contribution in [2.24, 2.45) is 0 Å². The van der Waals surface area contributed by atoms with Crippen LogP contribution in [0.4, 0.5) is 5.13 Å². The van der Waals surface area contributed by atoms with Crippen LogP contribution in [0.25, 0.3) is 0 Å². The van der Waals surface area contributed by atoms with Gasteiger partial charge in [0, 0.05) is 11.6 Å². The quantitative estimate of drug-likeness (QED) is 0.555. The minimum Gasteiger partial charge on any atom is -0.497 e. The van der Waals surface area contributed by atoms with Crippen LogP contribution < -0.4 is 14.8 Å². The van der Waals surface area contributed by atoms with Crippen LogP contribution >= 0.6 is 11.3 Å². The fraction of sp³-hybridized carbons (Fsp3) is 0.211. The molecule has 0 saturated carbocycles. The number of hydrogen-bond acceptors (Lipinski definition) is 7. The molecule has 3 rings (SSSR count). The molecule has 8 nitrogen and oxygen atoms in total. The summed E-state index contributed by atoms with van der Waals surface area (Å²) >= 11 is 0.786. The first-order valence-electron chi connectivity index (χ1n) is 8.66. The Balaban J connectivity index is 1.70. The second-order valence-electron chi connectivity index (χ2n) is 6.31. The first kappa shape index (κ1) is 20.9. The second kappa shape index (κ2) is 8.68. The lowest BCUT2D eigenvalue weighted by Crippen LogP contribution is -2.26. The van der Waals surface area contributed by atoms with Gasteiger partial charge >= 0.3 is 0 Å². The lowest BCUT2D eigenvalue weighted by atomic mass is 10.1. The molecule has 0 fully saturated rings. The van der Waals surface area contributed by atoms with E-state index in [1.54, 1.807) is 56.5 Å².